The van der Waals surface area contributed by atoms with Crippen LogP contribution in [-0.2, 0) is 9.59 Å². The molecule has 7 heteroatoms. The Morgan fingerprint density at radius 1 is 1.14 bits per heavy atom. The minimum Gasteiger partial charge on any atom is -0.872 e. The molecule has 2 heterocycles. The number of Topliss-reactive ketones (excluding diaryl/α,β-unsaturated/α-hetero) is 1. The van der Waals surface area contributed by atoms with Gasteiger partial charge in [0.1, 0.15) is 23.4 Å². The molecule has 29 heavy (non-hydrogen) atoms. The molecule has 0 radical (unpaired) electrons. The van der Waals surface area contributed by atoms with Crippen LogP contribution in [0.1, 0.15) is 37.0 Å². The maximum absolute atomic E-state index is 13.3. The Balaban J connectivity index is 2.06. The molecule has 1 aliphatic rings. The standard InChI is InChI=1S/C22H25FN2O4/c1-4-24(5-2)12-13-25-19(17-11-6-14(3)29-17)18(21(27)22(25)28)20(26)15-7-9-16(23)10-8-15/h6-11,19,26H,4-5,12-13H2,1-3H3. The molecule has 154 valence electrons. The van der Waals surface area contributed by atoms with Gasteiger partial charge in [-0.1, -0.05) is 17.9 Å². The van der Waals surface area contributed by atoms with E-state index in [1.54, 1.807) is 19.1 Å². The van der Waals surface area contributed by atoms with Gasteiger partial charge < -0.3 is 19.3 Å². The van der Waals surface area contributed by atoms with Gasteiger partial charge in [0.25, 0.3) is 5.91 Å². The van der Waals surface area contributed by atoms with E-state index in [1.165, 1.54) is 21.9 Å². The Bertz CT molecular complexity index is 929. The number of furan rings is 1. The quantitative estimate of drug-likeness (QED) is 0.425. The molecule has 0 aliphatic carbocycles. The number of hydrogen-bond donors (Lipinski definition) is 1. The number of benzene rings is 1. The third-order valence-electron chi connectivity index (χ3n) is 5.37. The van der Waals surface area contributed by atoms with Crippen LogP contribution in [0.2, 0.25) is 0 Å². The van der Waals surface area contributed by atoms with Gasteiger partial charge >= 0.3 is 0 Å². The Kier molecular flexibility index (Phi) is 6.17. The summed E-state index contributed by atoms with van der Waals surface area (Å²) < 4.78 is 19.0. The van der Waals surface area contributed by atoms with Gasteiger partial charge in [0, 0.05) is 5.57 Å². The summed E-state index contributed by atoms with van der Waals surface area (Å²) in [7, 11) is 0. The van der Waals surface area contributed by atoms with Crippen LogP contribution in [0, 0.1) is 12.7 Å². The van der Waals surface area contributed by atoms with Crippen molar-refractivity contribution < 1.29 is 28.4 Å². The lowest BCUT2D eigenvalue weighted by Crippen LogP contribution is -3.12. The van der Waals surface area contributed by atoms with Crippen molar-refractivity contribution in [3.63, 3.8) is 0 Å². The molecule has 1 saturated heterocycles. The third-order valence-corrected chi connectivity index (χ3v) is 5.37. The summed E-state index contributed by atoms with van der Waals surface area (Å²) in [6.07, 6.45) is 0. The second kappa shape index (κ2) is 8.61. The van der Waals surface area contributed by atoms with E-state index < -0.39 is 29.3 Å². The average molecular weight is 400 g/mol. The number of ketones is 1. The highest BCUT2D eigenvalue weighted by Crippen LogP contribution is 2.38. The number of rotatable bonds is 7. The number of halogens is 1. The molecule has 1 fully saturated rings. The zero-order valence-electron chi connectivity index (χ0n) is 16.8. The summed E-state index contributed by atoms with van der Waals surface area (Å²) in [5, 5.41) is 13.1. The topological polar surface area (TPSA) is 78.0 Å². The Hall–Kier alpha value is -2.93. The summed E-state index contributed by atoms with van der Waals surface area (Å²) in [5.74, 6) is -1.60. The zero-order chi connectivity index (χ0) is 21.1. The van der Waals surface area contributed by atoms with Crippen molar-refractivity contribution in [2.75, 3.05) is 26.2 Å². The SMILES string of the molecule is CC[NH+](CC)CCN1C(=O)C(=O)C(=C([O-])c2ccc(F)cc2)C1c1ccc(C)o1. The lowest BCUT2D eigenvalue weighted by Gasteiger charge is -2.27. The Labute approximate surface area is 169 Å². The minimum atomic E-state index is -0.879. The Morgan fingerprint density at radius 2 is 1.79 bits per heavy atom. The number of likely N-dealkylation sites (tertiary alicyclic amines) is 1. The van der Waals surface area contributed by atoms with Crippen molar-refractivity contribution in [1.82, 2.24) is 4.90 Å². The molecule has 1 unspecified atom stereocenters. The van der Waals surface area contributed by atoms with Crippen molar-refractivity contribution in [2.24, 2.45) is 0 Å². The molecule has 0 spiro atoms. The molecular formula is C22H25FN2O4. The number of quaternary nitrogens is 1. The first-order chi connectivity index (χ1) is 13.9. The van der Waals surface area contributed by atoms with Gasteiger partial charge in [0.2, 0.25) is 5.78 Å². The van der Waals surface area contributed by atoms with Crippen LogP contribution in [-0.4, -0.2) is 42.8 Å². The third kappa shape index (κ3) is 4.10. The van der Waals surface area contributed by atoms with Crippen LogP contribution in [0.5, 0.6) is 0 Å². The molecule has 1 aromatic heterocycles. The monoisotopic (exact) mass is 400 g/mol. The number of aryl methyl sites for hydroxylation is 1. The summed E-state index contributed by atoms with van der Waals surface area (Å²) in [6.45, 7) is 8.63. The van der Waals surface area contributed by atoms with E-state index >= 15 is 0 Å². The van der Waals surface area contributed by atoms with Crippen molar-refractivity contribution in [1.29, 1.82) is 0 Å². The predicted molar refractivity (Wildman–Crippen MR) is 103 cm³/mol. The van der Waals surface area contributed by atoms with Gasteiger partial charge in [0.15, 0.2) is 0 Å². The first kappa shape index (κ1) is 20.8. The van der Waals surface area contributed by atoms with Crippen molar-refractivity contribution in [2.45, 2.75) is 26.8 Å². The molecule has 3 rings (SSSR count). The van der Waals surface area contributed by atoms with E-state index in [-0.39, 0.29) is 11.1 Å². The molecule has 6 nitrogen and oxygen atoms in total. The van der Waals surface area contributed by atoms with E-state index in [9.17, 15) is 19.1 Å². The number of amides is 1. The van der Waals surface area contributed by atoms with E-state index in [1.807, 2.05) is 0 Å². The van der Waals surface area contributed by atoms with Gasteiger partial charge in [-0.25, -0.2) is 4.39 Å². The summed E-state index contributed by atoms with van der Waals surface area (Å²) >= 11 is 0. The highest BCUT2D eigenvalue weighted by Gasteiger charge is 2.45. The fourth-order valence-electron chi connectivity index (χ4n) is 3.64. The van der Waals surface area contributed by atoms with Gasteiger partial charge in [0.05, 0.1) is 26.2 Å². The van der Waals surface area contributed by atoms with Crippen LogP contribution < -0.4 is 10.0 Å². The average Bonchev–Trinajstić information content (AvgIpc) is 3.24. The molecule has 1 N–H and O–H groups in total. The van der Waals surface area contributed by atoms with Crippen LogP contribution in [0.4, 0.5) is 4.39 Å². The number of likely N-dealkylation sites (N-methyl/N-ethyl adjacent to an activating group) is 1. The molecule has 2 aromatic rings. The van der Waals surface area contributed by atoms with Gasteiger partial charge in [-0.05, 0) is 50.6 Å². The summed E-state index contributed by atoms with van der Waals surface area (Å²) in [6, 6.07) is 7.48. The zero-order valence-corrected chi connectivity index (χ0v) is 16.8. The molecule has 1 aliphatic heterocycles. The fourth-order valence-corrected chi connectivity index (χ4v) is 3.64. The highest BCUT2D eigenvalue weighted by molar-refractivity contribution is 6.46. The molecule has 1 atom stereocenters. The molecule has 0 bridgehead atoms. The van der Waals surface area contributed by atoms with Gasteiger partial charge in [-0.3, -0.25) is 9.59 Å². The lowest BCUT2D eigenvalue weighted by atomic mass is 9.99. The molecule has 1 aromatic carbocycles. The number of nitrogens with zero attached hydrogens (tertiary/aromatic N) is 1. The van der Waals surface area contributed by atoms with Crippen LogP contribution in [0.25, 0.3) is 5.76 Å². The number of nitrogens with one attached hydrogen (secondary N) is 1. The number of carbonyl (C=O) groups is 2. The van der Waals surface area contributed by atoms with E-state index in [2.05, 4.69) is 13.8 Å². The smallest absolute Gasteiger partial charge is 0.295 e. The normalized spacial score (nSPS) is 18.8. The minimum absolute atomic E-state index is 0.148. The van der Waals surface area contributed by atoms with Crippen LogP contribution in [0.15, 0.2) is 46.4 Å². The largest absolute Gasteiger partial charge is 0.872 e. The van der Waals surface area contributed by atoms with Crippen LogP contribution >= 0.6 is 0 Å². The van der Waals surface area contributed by atoms with Crippen molar-refractivity contribution >= 4 is 17.4 Å². The molecule has 0 saturated carbocycles. The maximum atomic E-state index is 13.3. The number of carbonyl (C=O) groups excluding carboxylic acids is 2. The van der Waals surface area contributed by atoms with Crippen molar-refractivity contribution in [3.05, 3.63) is 64.9 Å². The molecule has 1 amide bonds. The first-order valence-corrected chi connectivity index (χ1v) is 9.79. The van der Waals surface area contributed by atoms with Gasteiger partial charge in [-0.15, -0.1) is 0 Å². The highest BCUT2D eigenvalue weighted by atomic mass is 19.1. The van der Waals surface area contributed by atoms with E-state index in [0.29, 0.717) is 24.6 Å². The van der Waals surface area contributed by atoms with Crippen LogP contribution in [0.3, 0.4) is 0 Å². The lowest BCUT2D eigenvalue weighted by molar-refractivity contribution is -0.895. The summed E-state index contributed by atoms with van der Waals surface area (Å²) in [4.78, 5) is 28.3. The number of hydrogen-bond acceptors (Lipinski definition) is 4. The second-order valence-corrected chi connectivity index (χ2v) is 7.14. The Morgan fingerprint density at radius 3 is 2.34 bits per heavy atom. The maximum Gasteiger partial charge on any atom is 0.295 e. The fraction of sp³-hybridized carbons (Fsp3) is 0.364. The second-order valence-electron chi connectivity index (χ2n) is 7.14. The van der Waals surface area contributed by atoms with E-state index in [4.69, 9.17) is 4.42 Å². The van der Waals surface area contributed by atoms with Gasteiger partial charge in [-0.2, -0.15) is 0 Å². The van der Waals surface area contributed by atoms with Crippen molar-refractivity contribution in [3.8, 4) is 0 Å². The van der Waals surface area contributed by atoms with E-state index in [0.717, 1.165) is 25.2 Å². The molecular weight excluding hydrogens is 375 g/mol. The predicted octanol–water partition coefficient (Wildman–Crippen LogP) is 0.876. The first-order valence-electron chi connectivity index (χ1n) is 9.79. The summed E-state index contributed by atoms with van der Waals surface area (Å²) in [5.41, 5.74) is 0.0116.